The Morgan fingerprint density at radius 2 is 1.28 bits per heavy atom. The van der Waals surface area contributed by atoms with Crippen LogP contribution in [0.4, 0.5) is 4.79 Å². The van der Waals surface area contributed by atoms with E-state index in [0.29, 0.717) is 26.4 Å². The van der Waals surface area contributed by atoms with Gasteiger partial charge in [-0.05, 0) is 12.0 Å². The summed E-state index contributed by atoms with van der Waals surface area (Å²) in [7, 11) is 0. The number of carbonyl (C=O) groups is 1. The van der Waals surface area contributed by atoms with E-state index in [4.69, 9.17) is 14.2 Å². The first kappa shape index (κ1) is 30.6. The lowest BCUT2D eigenvalue weighted by Crippen LogP contribution is -2.44. The summed E-state index contributed by atoms with van der Waals surface area (Å²) in [6.45, 7) is 4.48. The fourth-order valence-electron chi connectivity index (χ4n) is 4.73. The van der Waals surface area contributed by atoms with E-state index < -0.39 is 0 Å². The number of ether oxygens (including phenoxy) is 3. The van der Waals surface area contributed by atoms with Crippen LogP contribution in [0.15, 0.2) is 30.3 Å². The van der Waals surface area contributed by atoms with E-state index in [2.05, 4.69) is 24.4 Å². The Balaban J connectivity index is 1.25. The van der Waals surface area contributed by atoms with Gasteiger partial charge in [0.2, 0.25) is 0 Å². The van der Waals surface area contributed by atoms with Crippen LogP contribution in [0.25, 0.3) is 0 Å². The number of rotatable bonds is 23. The maximum Gasteiger partial charge on any atom is 0.407 e. The number of hydrogen-bond donors (Lipinski definition) is 1. The number of unbranched alkanes of at least 4 members (excludes halogenated alkanes) is 15. The number of nitrogens with one attached hydrogen (secondary N) is 1. The molecule has 2 atom stereocenters. The highest BCUT2D eigenvalue weighted by atomic mass is 16.6. The molecular weight excluding hydrogens is 450 g/mol. The Kier molecular flexibility index (Phi) is 18.3. The molecule has 1 aliphatic heterocycles. The predicted molar refractivity (Wildman–Crippen MR) is 148 cm³/mol. The zero-order chi connectivity index (χ0) is 25.5. The molecule has 2 rings (SSSR count). The van der Waals surface area contributed by atoms with E-state index in [-0.39, 0.29) is 18.3 Å². The van der Waals surface area contributed by atoms with E-state index in [9.17, 15) is 4.79 Å². The molecular formula is C31H53NO4. The molecule has 0 spiro atoms. The second kappa shape index (κ2) is 21.5. The minimum Gasteiger partial charge on any atom is -0.447 e. The summed E-state index contributed by atoms with van der Waals surface area (Å²) in [4.78, 5) is 11.8. The largest absolute Gasteiger partial charge is 0.447 e. The second-order valence-corrected chi connectivity index (χ2v) is 10.4. The molecule has 1 saturated heterocycles. The highest BCUT2D eigenvalue weighted by molar-refractivity contribution is 5.67. The van der Waals surface area contributed by atoms with Gasteiger partial charge in [0.05, 0.1) is 25.4 Å². The molecule has 0 radical (unpaired) electrons. The molecule has 0 bridgehead atoms. The fraction of sp³-hybridized carbons (Fsp3) is 0.774. The average Bonchev–Trinajstić information content (AvgIpc) is 2.87. The van der Waals surface area contributed by atoms with Crippen LogP contribution in [0.3, 0.4) is 0 Å². The van der Waals surface area contributed by atoms with Gasteiger partial charge in [0, 0.05) is 13.0 Å². The molecule has 1 N–H and O–H groups in total. The van der Waals surface area contributed by atoms with Crippen molar-refractivity contribution in [2.45, 2.75) is 135 Å². The Bertz CT molecular complexity index is 633. The minimum absolute atomic E-state index is 0.00313. The minimum atomic E-state index is -0.330. The number of benzene rings is 1. The predicted octanol–water partition coefficient (Wildman–Crippen LogP) is 8.35. The molecule has 206 valence electrons. The van der Waals surface area contributed by atoms with Crippen LogP contribution < -0.4 is 5.32 Å². The maximum absolute atomic E-state index is 11.8. The van der Waals surface area contributed by atoms with Crippen LogP contribution in [-0.4, -0.2) is 38.1 Å². The average molecular weight is 504 g/mol. The zero-order valence-electron chi connectivity index (χ0n) is 23.0. The lowest BCUT2D eigenvalue weighted by atomic mass is 10.0. The first-order valence-electron chi connectivity index (χ1n) is 15.0. The van der Waals surface area contributed by atoms with Gasteiger partial charge in [-0.15, -0.1) is 0 Å². The second-order valence-electron chi connectivity index (χ2n) is 10.4. The monoisotopic (exact) mass is 503 g/mol. The van der Waals surface area contributed by atoms with Crippen LogP contribution in [0.5, 0.6) is 0 Å². The van der Waals surface area contributed by atoms with E-state index in [1.807, 2.05) is 18.2 Å². The summed E-state index contributed by atoms with van der Waals surface area (Å²) < 4.78 is 16.7. The van der Waals surface area contributed by atoms with Gasteiger partial charge in [0.15, 0.2) is 0 Å². The van der Waals surface area contributed by atoms with E-state index in [0.717, 1.165) is 18.4 Å². The van der Waals surface area contributed by atoms with Crippen molar-refractivity contribution < 1.29 is 19.0 Å². The third-order valence-electron chi connectivity index (χ3n) is 7.03. The molecule has 5 nitrogen and oxygen atoms in total. The van der Waals surface area contributed by atoms with Crippen molar-refractivity contribution in [3.63, 3.8) is 0 Å². The van der Waals surface area contributed by atoms with Gasteiger partial charge in [-0.25, -0.2) is 4.79 Å². The quantitative estimate of drug-likeness (QED) is 0.152. The van der Waals surface area contributed by atoms with Crippen LogP contribution in [0.2, 0.25) is 0 Å². The van der Waals surface area contributed by atoms with Crippen molar-refractivity contribution in [3.05, 3.63) is 35.9 Å². The van der Waals surface area contributed by atoms with E-state index >= 15 is 0 Å². The van der Waals surface area contributed by atoms with Crippen molar-refractivity contribution in [1.29, 1.82) is 0 Å². The molecule has 1 heterocycles. The van der Waals surface area contributed by atoms with Gasteiger partial charge in [0.25, 0.3) is 0 Å². The highest BCUT2D eigenvalue weighted by Crippen LogP contribution is 2.21. The Hall–Kier alpha value is -1.59. The lowest BCUT2D eigenvalue weighted by molar-refractivity contribution is -0.167. The maximum atomic E-state index is 11.8. The summed E-state index contributed by atoms with van der Waals surface area (Å²) in [5.41, 5.74) is 1.16. The smallest absolute Gasteiger partial charge is 0.407 e. The molecule has 0 aliphatic carbocycles. The molecule has 1 aromatic rings. The summed E-state index contributed by atoms with van der Waals surface area (Å²) in [5.74, 6) is 0. The lowest BCUT2D eigenvalue weighted by Gasteiger charge is -2.35. The molecule has 36 heavy (non-hydrogen) atoms. The molecule has 0 aromatic heterocycles. The fourth-order valence-corrected chi connectivity index (χ4v) is 4.73. The van der Waals surface area contributed by atoms with Crippen molar-refractivity contribution in [3.8, 4) is 0 Å². The number of carbonyl (C=O) groups excluding carboxylic acids is 1. The standard InChI is InChI=1S/C31H53NO4/c1-2-3-4-5-6-7-8-9-10-11-12-13-14-15-16-20-23-32-31(33)35-27-30-24-29(36-30)26-34-25-28-21-18-17-19-22-28/h17-19,21-22,29-30H,2-16,20,23-27H2,1H3,(H,32,33). The molecule has 2 unspecified atom stereocenters. The first-order valence-corrected chi connectivity index (χ1v) is 15.0. The van der Waals surface area contributed by atoms with Gasteiger partial charge in [-0.2, -0.15) is 0 Å². The summed E-state index contributed by atoms with van der Waals surface area (Å²) >= 11 is 0. The summed E-state index contributed by atoms with van der Waals surface area (Å²) in [6.07, 6.45) is 22.3. The topological polar surface area (TPSA) is 56.8 Å². The van der Waals surface area contributed by atoms with Crippen molar-refractivity contribution in [2.24, 2.45) is 0 Å². The van der Waals surface area contributed by atoms with Gasteiger partial charge in [0.1, 0.15) is 6.61 Å². The molecule has 1 aromatic carbocycles. The van der Waals surface area contributed by atoms with Gasteiger partial charge >= 0.3 is 6.09 Å². The van der Waals surface area contributed by atoms with Crippen molar-refractivity contribution >= 4 is 6.09 Å². The van der Waals surface area contributed by atoms with Gasteiger partial charge in [-0.3, -0.25) is 0 Å². The van der Waals surface area contributed by atoms with Crippen LogP contribution in [-0.2, 0) is 20.8 Å². The third-order valence-corrected chi connectivity index (χ3v) is 7.03. The Labute approximate surface area is 221 Å². The zero-order valence-corrected chi connectivity index (χ0v) is 23.0. The van der Waals surface area contributed by atoms with E-state index in [1.54, 1.807) is 0 Å². The molecule has 1 aliphatic rings. The first-order chi connectivity index (χ1) is 17.8. The number of amides is 1. The normalized spacial score (nSPS) is 17.0. The van der Waals surface area contributed by atoms with Crippen molar-refractivity contribution in [1.82, 2.24) is 5.32 Å². The summed E-state index contributed by atoms with van der Waals surface area (Å²) in [6, 6.07) is 10.1. The molecule has 0 saturated carbocycles. The van der Waals surface area contributed by atoms with Crippen LogP contribution >= 0.6 is 0 Å². The summed E-state index contributed by atoms with van der Waals surface area (Å²) in [5, 5.41) is 2.86. The van der Waals surface area contributed by atoms with Crippen LogP contribution in [0.1, 0.15) is 122 Å². The number of hydrogen-bond acceptors (Lipinski definition) is 4. The third kappa shape index (κ3) is 16.2. The molecule has 1 fully saturated rings. The van der Waals surface area contributed by atoms with Crippen LogP contribution in [0, 0.1) is 0 Å². The number of alkyl carbamates (subject to hydrolysis) is 1. The SMILES string of the molecule is CCCCCCCCCCCCCCCCCCNC(=O)OCC1CC(COCc2ccccc2)O1. The van der Waals surface area contributed by atoms with Gasteiger partial charge < -0.3 is 19.5 Å². The highest BCUT2D eigenvalue weighted by Gasteiger charge is 2.31. The molecule has 5 heteroatoms. The van der Waals surface area contributed by atoms with Gasteiger partial charge in [-0.1, -0.05) is 134 Å². The van der Waals surface area contributed by atoms with Crippen molar-refractivity contribution in [2.75, 3.05) is 19.8 Å². The Morgan fingerprint density at radius 1 is 0.778 bits per heavy atom. The Morgan fingerprint density at radius 3 is 1.83 bits per heavy atom. The molecule has 1 amide bonds. The van der Waals surface area contributed by atoms with E-state index in [1.165, 1.54) is 96.3 Å².